The number of nitriles is 1. The summed E-state index contributed by atoms with van der Waals surface area (Å²) < 4.78 is 1.81. The average molecular weight is 302 g/mol. The van der Waals surface area contributed by atoms with E-state index in [-0.39, 0.29) is 0 Å². The zero-order valence-electron chi connectivity index (χ0n) is 11.7. The van der Waals surface area contributed by atoms with Gasteiger partial charge in [-0.1, -0.05) is 30.9 Å². The highest BCUT2D eigenvalue weighted by molar-refractivity contribution is 6.30. The molecule has 1 aliphatic heterocycles. The van der Waals surface area contributed by atoms with E-state index in [1.807, 2.05) is 0 Å². The maximum absolute atomic E-state index is 9.18. The van der Waals surface area contributed by atoms with Crippen molar-refractivity contribution in [1.29, 1.82) is 5.26 Å². The Kier molecular flexibility index (Phi) is 3.00. The van der Waals surface area contributed by atoms with Crippen LogP contribution < -0.4 is 4.90 Å². The molecule has 0 bridgehead atoms. The molecule has 0 spiro atoms. The van der Waals surface area contributed by atoms with E-state index in [4.69, 9.17) is 11.6 Å². The Hall–Kier alpha value is -1.80. The van der Waals surface area contributed by atoms with E-state index in [9.17, 15) is 5.26 Å². The molecule has 5 nitrogen and oxygen atoms in total. The fraction of sp³-hybridized carbons (Fsp3) is 0.533. The zero-order chi connectivity index (χ0) is 14.4. The fourth-order valence-corrected chi connectivity index (χ4v) is 3.92. The Labute approximate surface area is 128 Å². The molecule has 0 N–H and O–H groups in total. The molecular formula is C15H16ClN5. The molecule has 0 radical (unpaired) electrons. The van der Waals surface area contributed by atoms with Gasteiger partial charge in [-0.25, -0.2) is 4.98 Å². The van der Waals surface area contributed by atoms with E-state index in [1.54, 1.807) is 10.7 Å². The molecule has 0 unspecified atom stereocenters. The summed E-state index contributed by atoms with van der Waals surface area (Å²) in [5, 5.41) is 14.1. The van der Waals surface area contributed by atoms with E-state index < -0.39 is 0 Å². The van der Waals surface area contributed by atoms with Crippen molar-refractivity contribution >= 4 is 23.1 Å². The first-order valence-electron chi connectivity index (χ1n) is 7.52. The highest BCUT2D eigenvalue weighted by Crippen LogP contribution is 2.37. The molecule has 1 aliphatic carbocycles. The Morgan fingerprint density at radius 1 is 1.29 bits per heavy atom. The van der Waals surface area contributed by atoms with Crippen LogP contribution in [0.5, 0.6) is 0 Å². The summed E-state index contributed by atoms with van der Waals surface area (Å²) >= 11 is 6.35. The Balaban J connectivity index is 1.88. The Morgan fingerprint density at radius 3 is 2.86 bits per heavy atom. The SMILES string of the molecule is N#Cc1cnn2c3c(c(Cl)nc12)CCN3C1CCCCC1. The van der Waals surface area contributed by atoms with Crippen molar-refractivity contribution in [2.75, 3.05) is 11.4 Å². The van der Waals surface area contributed by atoms with Gasteiger partial charge in [0.2, 0.25) is 0 Å². The molecule has 0 aromatic carbocycles. The van der Waals surface area contributed by atoms with Crippen molar-refractivity contribution in [3.63, 3.8) is 0 Å². The number of fused-ring (bicyclic) bond motifs is 3. The largest absolute Gasteiger partial charge is 0.353 e. The minimum Gasteiger partial charge on any atom is -0.353 e. The Bertz CT molecular complexity index is 739. The molecule has 2 aliphatic rings. The molecule has 0 saturated heterocycles. The lowest BCUT2D eigenvalue weighted by Gasteiger charge is -2.33. The van der Waals surface area contributed by atoms with Gasteiger partial charge in [-0.15, -0.1) is 0 Å². The maximum Gasteiger partial charge on any atom is 0.176 e. The number of anilines is 1. The van der Waals surface area contributed by atoms with Crippen molar-refractivity contribution in [3.05, 3.63) is 22.5 Å². The Morgan fingerprint density at radius 2 is 2.10 bits per heavy atom. The van der Waals surface area contributed by atoms with Gasteiger partial charge in [0, 0.05) is 18.2 Å². The number of nitrogens with zero attached hydrogens (tertiary/aromatic N) is 5. The predicted molar refractivity (Wildman–Crippen MR) is 80.6 cm³/mol. The normalized spacial score (nSPS) is 19.0. The van der Waals surface area contributed by atoms with Crippen molar-refractivity contribution < 1.29 is 0 Å². The highest BCUT2D eigenvalue weighted by Gasteiger charge is 2.32. The first-order chi connectivity index (χ1) is 10.3. The topological polar surface area (TPSA) is 57.2 Å². The van der Waals surface area contributed by atoms with Crippen LogP contribution in [-0.2, 0) is 6.42 Å². The van der Waals surface area contributed by atoms with Crippen molar-refractivity contribution in [3.8, 4) is 6.07 Å². The number of hydrogen-bond acceptors (Lipinski definition) is 4. The van der Waals surface area contributed by atoms with Crippen molar-refractivity contribution in [1.82, 2.24) is 14.6 Å². The van der Waals surface area contributed by atoms with E-state index in [0.29, 0.717) is 22.4 Å². The lowest BCUT2D eigenvalue weighted by molar-refractivity contribution is 0.417. The van der Waals surface area contributed by atoms with Crippen LogP contribution in [-0.4, -0.2) is 27.2 Å². The summed E-state index contributed by atoms with van der Waals surface area (Å²) in [5.74, 6) is 1.05. The average Bonchev–Trinajstić information content (AvgIpc) is 3.11. The molecule has 1 fully saturated rings. The first-order valence-corrected chi connectivity index (χ1v) is 7.90. The van der Waals surface area contributed by atoms with Crippen LogP contribution in [0.4, 0.5) is 5.82 Å². The van der Waals surface area contributed by atoms with Crippen LogP contribution in [0, 0.1) is 11.3 Å². The van der Waals surface area contributed by atoms with Gasteiger partial charge < -0.3 is 4.90 Å². The minimum atomic E-state index is 0.482. The number of rotatable bonds is 1. The lowest BCUT2D eigenvalue weighted by atomic mass is 9.94. The summed E-state index contributed by atoms with van der Waals surface area (Å²) in [6, 6.07) is 2.71. The summed E-state index contributed by atoms with van der Waals surface area (Å²) in [7, 11) is 0. The van der Waals surface area contributed by atoms with Crippen LogP contribution >= 0.6 is 11.6 Å². The smallest absolute Gasteiger partial charge is 0.176 e. The number of halogens is 1. The maximum atomic E-state index is 9.18. The second-order valence-electron chi connectivity index (χ2n) is 5.85. The van der Waals surface area contributed by atoms with Gasteiger partial charge in [0.05, 0.1) is 6.20 Å². The standard InChI is InChI=1S/C15H16ClN5/c16-13-12-6-7-20(11-4-2-1-3-5-11)15(12)21-14(19-13)10(8-17)9-18-21/h9,11H,1-7H2. The third-order valence-corrected chi connectivity index (χ3v) is 4.99. The monoisotopic (exact) mass is 301 g/mol. The van der Waals surface area contributed by atoms with Crippen LogP contribution in [0.25, 0.3) is 5.65 Å². The molecule has 6 heteroatoms. The lowest BCUT2D eigenvalue weighted by Crippen LogP contribution is -2.36. The molecular weight excluding hydrogens is 286 g/mol. The first kappa shape index (κ1) is 12.9. The summed E-state index contributed by atoms with van der Waals surface area (Å²) in [6.07, 6.45) is 8.87. The summed E-state index contributed by atoms with van der Waals surface area (Å²) in [4.78, 5) is 6.81. The van der Waals surface area contributed by atoms with Gasteiger partial charge in [0.25, 0.3) is 0 Å². The second-order valence-corrected chi connectivity index (χ2v) is 6.20. The number of hydrogen-bond donors (Lipinski definition) is 0. The second kappa shape index (κ2) is 4.88. The minimum absolute atomic E-state index is 0.482. The molecule has 0 atom stereocenters. The molecule has 108 valence electrons. The van der Waals surface area contributed by atoms with E-state index in [2.05, 4.69) is 21.1 Å². The van der Waals surface area contributed by atoms with Crippen molar-refractivity contribution in [2.45, 2.75) is 44.6 Å². The van der Waals surface area contributed by atoms with Gasteiger partial charge in [-0.05, 0) is 19.3 Å². The third-order valence-electron chi connectivity index (χ3n) is 4.68. The fourth-order valence-electron chi connectivity index (χ4n) is 3.66. The van der Waals surface area contributed by atoms with Gasteiger partial charge in [-0.2, -0.15) is 14.9 Å². The molecule has 2 aromatic heterocycles. The summed E-state index contributed by atoms with van der Waals surface area (Å²) in [5.41, 5.74) is 2.13. The van der Waals surface area contributed by atoms with Gasteiger partial charge in [0.15, 0.2) is 5.65 Å². The van der Waals surface area contributed by atoms with Gasteiger partial charge >= 0.3 is 0 Å². The van der Waals surface area contributed by atoms with E-state index in [0.717, 1.165) is 24.3 Å². The van der Waals surface area contributed by atoms with Crippen LogP contribution in [0.1, 0.15) is 43.2 Å². The summed E-state index contributed by atoms with van der Waals surface area (Å²) in [6.45, 7) is 0.974. The molecule has 4 rings (SSSR count). The van der Waals surface area contributed by atoms with E-state index in [1.165, 1.54) is 32.1 Å². The van der Waals surface area contributed by atoms with Crippen molar-refractivity contribution in [2.24, 2.45) is 0 Å². The molecule has 3 heterocycles. The highest BCUT2D eigenvalue weighted by atomic mass is 35.5. The van der Waals surface area contributed by atoms with Gasteiger partial charge in [-0.3, -0.25) is 0 Å². The van der Waals surface area contributed by atoms with Gasteiger partial charge in [0.1, 0.15) is 22.6 Å². The third kappa shape index (κ3) is 1.90. The molecule has 2 aromatic rings. The van der Waals surface area contributed by atoms with Crippen LogP contribution in [0.2, 0.25) is 5.15 Å². The van der Waals surface area contributed by atoms with E-state index >= 15 is 0 Å². The molecule has 0 amide bonds. The quantitative estimate of drug-likeness (QED) is 0.760. The molecule has 1 saturated carbocycles. The predicted octanol–water partition coefficient (Wildman–Crippen LogP) is 2.95. The molecule has 21 heavy (non-hydrogen) atoms. The van der Waals surface area contributed by atoms with Crippen LogP contribution in [0.3, 0.4) is 0 Å². The van der Waals surface area contributed by atoms with Crippen LogP contribution in [0.15, 0.2) is 6.20 Å². The number of aromatic nitrogens is 3. The zero-order valence-corrected chi connectivity index (χ0v) is 12.5.